The van der Waals surface area contributed by atoms with Crippen molar-refractivity contribution in [1.29, 1.82) is 0 Å². The summed E-state index contributed by atoms with van der Waals surface area (Å²) in [7, 11) is 0. The van der Waals surface area contributed by atoms with Crippen LogP contribution in [0.1, 0.15) is 51.4 Å². The van der Waals surface area contributed by atoms with Crippen LogP contribution in [0, 0.1) is 11.8 Å². The molecule has 0 aliphatic heterocycles. The van der Waals surface area contributed by atoms with Crippen LogP contribution in [0.3, 0.4) is 0 Å². The fourth-order valence-electron chi connectivity index (χ4n) is 3.36. The van der Waals surface area contributed by atoms with E-state index in [-0.39, 0.29) is 24.3 Å². The lowest BCUT2D eigenvalue weighted by Gasteiger charge is -2.37. The van der Waals surface area contributed by atoms with Crippen molar-refractivity contribution in [2.45, 2.75) is 56.9 Å². The molecule has 1 amide bonds. The minimum Gasteiger partial charge on any atom is -0.481 e. The maximum absolute atomic E-state index is 12.2. The Hall–Kier alpha value is -1.10. The van der Waals surface area contributed by atoms with Crippen LogP contribution < -0.4 is 5.32 Å². The van der Waals surface area contributed by atoms with Gasteiger partial charge in [-0.05, 0) is 32.1 Å². The van der Waals surface area contributed by atoms with Gasteiger partial charge in [0.15, 0.2) is 0 Å². The molecule has 5 heteroatoms. The van der Waals surface area contributed by atoms with Crippen molar-refractivity contribution in [3.8, 4) is 0 Å². The topological polar surface area (TPSA) is 86.6 Å². The zero-order chi connectivity index (χ0) is 13.9. The summed E-state index contributed by atoms with van der Waals surface area (Å²) in [6.07, 6.45) is 6.52. The van der Waals surface area contributed by atoms with Gasteiger partial charge in [0.2, 0.25) is 5.91 Å². The number of hydrogen-bond donors (Lipinski definition) is 3. The maximum atomic E-state index is 12.2. The molecule has 0 bridgehead atoms. The number of carboxylic acid groups (broad SMARTS) is 1. The van der Waals surface area contributed by atoms with E-state index in [0.717, 1.165) is 32.1 Å². The monoisotopic (exact) mass is 269 g/mol. The predicted molar refractivity (Wildman–Crippen MR) is 69.5 cm³/mol. The largest absolute Gasteiger partial charge is 0.481 e. The van der Waals surface area contributed by atoms with Crippen LogP contribution in [-0.2, 0) is 9.59 Å². The quantitative estimate of drug-likeness (QED) is 0.718. The summed E-state index contributed by atoms with van der Waals surface area (Å²) in [5, 5.41) is 21.5. The molecular weight excluding hydrogens is 246 g/mol. The van der Waals surface area contributed by atoms with Gasteiger partial charge in [-0.3, -0.25) is 9.59 Å². The Labute approximate surface area is 113 Å². The van der Waals surface area contributed by atoms with Crippen LogP contribution in [0.5, 0.6) is 0 Å². The van der Waals surface area contributed by atoms with Crippen LogP contribution in [0.4, 0.5) is 0 Å². The molecule has 3 N–H and O–H groups in total. The van der Waals surface area contributed by atoms with E-state index in [1.165, 1.54) is 0 Å². The van der Waals surface area contributed by atoms with Crippen molar-refractivity contribution in [2.24, 2.45) is 11.8 Å². The minimum absolute atomic E-state index is 0.0200. The lowest BCUT2D eigenvalue weighted by atomic mass is 9.82. The van der Waals surface area contributed by atoms with Crippen LogP contribution in [0.25, 0.3) is 0 Å². The Morgan fingerprint density at radius 2 is 1.74 bits per heavy atom. The lowest BCUT2D eigenvalue weighted by molar-refractivity contribution is -0.141. The molecular formula is C14H23NO4. The second-order valence-electron chi connectivity index (χ2n) is 6.03. The summed E-state index contributed by atoms with van der Waals surface area (Å²) in [5.74, 6) is -1.46. The van der Waals surface area contributed by atoms with E-state index in [1.54, 1.807) is 0 Å². The van der Waals surface area contributed by atoms with Crippen LogP contribution >= 0.6 is 0 Å². The summed E-state index contributed by atoms with van der Waals surface area (Å²) >= 11 is 0. The van der Waals surface area contributed by atoms with Crippen LogP contribution in [-0.4, -0.2) is 34.2 Å². The minimum atomic E-state index is -0.801. The zero-order valence-electron chi connectivity index (χ0n) is 11.2. The number of hydrogen-bond acceptors (Lipinski definition) is 3. The number of aliphatic carboxylic acids is 1. The molecule has 2 atom stereocenters. The smallest absolute Gasteiger partial charge is 0.306 e. The Bertz CT molecular complexity index is 349. The SMILES string of the molecule is O=C(O)C1CCC(C(=O)NC2(CO)CCCCC2)C1. The lowest BCUT2D eigenvalue weighted by Crippen LogP contribution is -2.53. The first-order valence-electron chi connectivity index (χ1n) is 7.22. The molecule has 5 nitrogen and oxygen atoms in total. The van der Waals surface area contributed by atoms with Gasteiger partial charge in [0, 0.05) is 5.92 Å². The molecule has 2 saturated carbocycles. The van der Waals surface area contributed by atoms with E-state index in [9.17, 15) is 14.7 Å². The van der Waals surface area contributed by atoms with Gasteiger partial charge in [0.1, 0.15) is 0 Å². The van der Waals surface area contributed by atoms with Gasteiger partial charge in [0.05, 0.1) is 18.1 Å². The molecule has 0 spiro atoms. The van der Waals surface area contributed by atoms with E-state index < -0.39 is 11.5 Å². The number of amides is 1. The van der Waals surface area contributed by atoms with Crippen LogP contribution in [0.15, 0.2) is 0 Å². The van der Waals surface area contributed by atoms with Gasteiger partial charge in [0.25, 0.3) is 0 Å². The van der Waals surface area contributed by atoms with Crippen molar-refractivity contribution >= 4 is 11.9 Å². The van der Waals surface area contributed by atoms with Gasteiger partial charge in [-0.1, -0.05) is 19.3 Å². The number of rotatable bonds is 4. The van der Waals surface area contributed by atoms with E-state index in [4.69, 9.17) is 5.11 Å². The number of carboxylic acids is 1. The Balaban J connectivity index is 1.91. The number of nitrogens with one attached hydrogen (secondary N) is 1. The first-order chi connectivity index (χ1) is 9.06. The average molecular weight is 269 g/mol. The summed E-state index contributed by atoms with van der Waals surface area (Å²) in [5.41, 5.74) is -0.462. The van der Waals surface area contributed by atoms with Crippen molar-refractivity contribution in [3.63, 3.8) is 0 Å². The Kier molecular flexibility index (Phi) is 4.45. The Morgan fingerprint density at radius 3 is 2.26 bits per heavy atom. The highest BCUT2D eigenvalue weighted by atomic mass is 16.4. The summed E-state index contributed by atoms with van der Waals surface area (Å²) in [6.45, 7) is -0.0200. The van der Waals surface area contributed by atoms with E-state index in [2.05, 4.69) is 5.32 Å². The van der Waals surface area contributed by atoms with Gasteiger partial charge >= 0.3 is 5.97 Å². The normalized spacial score (nSPS) is 29.9. The average Bonchev–Trinajstić information content (AvgIpc) is 2.89. The molecule has 19 heavy (non-hydrogen) atoms. The van der Waals surface area contributed by atoms with Crippen molar-refractivity contribution in [1.82, 2.24) is 5.32 Å². The molecule has 0 radical (unpaired) electrons. The molecule has 2 aliphatic carbocycles. The first-order valence-corrected chi connectivity index (χ1v) is 7.22. The molecule has 0 heterocycles. The molecule has 0 aromatic carbocycles. The summed E-state index contributed by atoms with van der Waals surface area (Å²) in [6, 6.07) is 0. The molecule has 108 valence electrons. The van der Waals surface area contributed by atoms with E-state index in [0.29, 0.717) is 19.3 Å². The van der Waals surface area contributed by atoms with Crippen molar-refractivity contribution < 1.29 is 19.8 Å². The van der Waals surface area contributed by atoms with Crippen LogP contribution in [0.2, 0.25) is 0 Å². The van der Waals surface area contributed by atoms with Gasteiger partial charge in [-0.25, -0.2) is 0 Å². The fraction of sp³-hybridized carbons (Fsp3) is 0.857. The van der Waals surface area contributed by atoms with Crippen molar-refractivity contribution in [3.05, 3.63) is 0 Å². The summed E-state index contributed by atoms with van der Waals surface area (Å²) in [4.78, 5) is 23.1. The third kappa shape index (κ3) is 3.26. The third-order valence-electron chi connectivity index (χ3n) is 4.65. The number of aliphatic hydroxyl groups is 1. The highest BCUT2D eigenvalue weighted by Crippen LogP contribution is 2.33. The molecule has 2 rings (SSSR count). The molecule has 2 aliphatic rings. The number of carbonyl (C=O) groups is 2. The molecule has 2 fully saturated rings. The van der Waals surface area contributed by atoms with E-state index in [1.807, 2.05) is 0 Å². The number of carbonyl (C=O) groups excluding carboxylic acids is 1. The Morgan fingerprint density at radius 1 is 1.11 bits per heavy atom. The van der Waals surface area contributed by atoms with Crippen molar-refractivity contribution in [2.75, 3.05) is 6.61 Å². The standard InChI is InChI=1S/C14H23NO4/c16-9-14(6-2-1-3-7-14)15-12(17)10-4-5-11(8-10)13(18)19/h10-11,16H,1-9H2,(H,15,17)(H,18,19). The fourth-order valence-corrected chi connectivity index (χ4v) is 3.36. The molecule has 0 aromatic rings. The highest BCUT2D eigenvalue weighted by molar-refractivity contribution is 5.81. The predicted octanol–water partition coefficient (Wildman–Crippen LogP) is 1.30. The molecule has 0 aromatic heterocycles. The van der Waals surface area contributed by atoms with Gasteiger partial charge in [-0.2, -0.15) is 0 Å². The first kappa shape index (κ1) is 14.3. The zero-order valence-corrected chi connectivity index (χ0v) is 11.2. The number of aliphatic hydroxyl groups excluding tert-OH is 1. The molecule has 2 unspecified atom stereocenters. The van der Waals surface area contributed by atoms with Gasteiger partial charge in [-0.15, -0.1) is 0 Å². The third-order valence-corrected chi connectivity index (χ3v) is 4.65. The summed E-state index contributed by atoms with van der Waals surface area (Å²) < 4.78 is 0. The molecule has 0 saturated heterocycles. The maximum Gasteiger partial charge on any atom is 0.306 e. The van der Waals surface area contributed by atoms with Gasteiger partial charge < -0.3 is 15.5 Å². The second kappa shape index (κ2) is 5.90. The highest BCUT2D eigenvalue weighted by Gasteiger charge is 2.38. The van der Waals surface area contributed by atoms with E-state index >= 15 is 0 Å². The second-order valence-corrected chi connectivity index (χ2v) is 6.03.